The van der Waals surface area contributed by atoms with E-state index in [2.05, 4.69) is 20.9 Å². The fourth-order valence-electron chi connectivity index (χ4n) is 3.96. The Hall–Kier alpha value is -1.42. The first-order valence-corrected chi connectivity index (χ1v) is 11.9. The topological polar surface area (TPSA) is 70.6 Å². The molecule has 0 bridgehead atoms. The lowest BCUT2D eigenvalue weighted by Gasteiger charge is -2.40. The number of aryl methyl sites for hydroxylation is 1. The summed E-state index contributed by atoms with van der Waals surface area (Å²) in [4.78, 5) is 18.4. The Morgan fingerprint density at radius 1 is 1.17 bits per heavy atom. The SMILES string of the molecule is [B]c1cc(S(=O)(=O)N2CCC(N3C(=O)CCc4cc(Br)ccc43)CC2)cnc1Cl. The number of fused-ring (bicyclic) bond motifs is 1. The van der Waals surface area contributed by atoms with E-state index in [9.17, 15) is 13.2 Å². The number of carbonyl (C=O) groups is 1. The summed E-state index contributed by atoms with van der Waals surface area (Å²) in [5.74, 6) is 0.0933. The van der Waals surface area contributed by atoms with Crippen LogP contribution in [0.5, 0.6) is 0 Å². The predicted octanol–water partition coefficient (Wildman–Crippen LogP) is 2.42. The minimum Gasteiger partial charge on any atom is -0.309 e. The highest BCUT2D eigenvalue weighted by atomic mass is 79.9. The zero-order valence-electron chi connectivity index (χ0n) is 15.5. The van der Waals surface area contributed by atoms with E-state index in [1.165, 1.54) is 16.6 Å². The molecule has 1 amide bonds. The molecule has 29 heavy (non-hydrogen) atoms. The monoisotopic (exact) mass is 493 g/mol. The predicted molar refractivity (Wildman–Crippen MR) is 116 cm³/mol. The third-order valence-corrected chi connectivity index (χ3v) is 8.12. The molecule has 2 aromatic rings. The van der Waals surface area contributed by atoms with Crippen molar-refractivity contribution in [2.24, 2.45) is 0 Å². The van der Waals surface area contributed by atoms with Gasteiger partial charge in [-0.1, -0.05) is 33.0 Å². The van der Waals surface area contributed by atoms with Crippen molar-refractivity contribution in [3.63, 3.8) is 0 Å². The number of nitrogens with zero attached hydrogens (tertiary/aromatic N) is 3. The van der Waals surface area contributed by atoms with E-state index in [1.807, 2.05) is 23.1 Å². The molecule has 1 aromatic heterocycles. The van der Waals surface area contributed by atoms with Crippen LogP contribution >= 0.6 is 27.5 Å². The lowest BCUT2D eigenvalue weighted by molar-refractivity contribution is -0.119. The maximum Gasteiger partial charge on any atom is 0.244 e. The third-order valence-electron chi connectivity index (χ3n) is 5.45. The minimum absolute atomic E-state index is 0.0254. The van der Waals surface area contributed by atoms with Gasteiger partial charge in [-0.25, -0.2) is 13.4 Å². The molecule has 2 radical (unpaired) electrons. The Labute approximate surface area is 184 Å². The van der Waals surface area contributed by atoms with Crippen LogP contribution in [0.15, 0.2) is 39.8 Å². The molecule has 4 rings (SSSR count). The Balaban J connectivity index is 1.52. The van der Waals surface area contributed by atoms with Crippen LogP contribution in [-0.2, 0) is 21.2 Å². The van der Waals surface area contributed by atoms with Crippen molar-refractivity contribution < 1.29 is 13.2 Å². The number of rotatable bonds is 3. The second-order valence-electron chi connectivity index (χ2n) is 7.22. The number of anilines is 1. The van der Waals surface area contributed by atoms with Gasteiger partial charge in [-0.05, 0) is 49.1 Å². The molecule has 0 atom stereocenters. The first-order chi connectivity index (χ1) is 13.8. The van der Waals surface area contributed by atoms with E-state index in [1.54, 1.807) is 0 Å². The molecule has 0 saturated carbocycles. The van der Waals surface area contributed by atoms with Gasteiger partial charge in [0.15, 0.2) is 0 Å². The summed E-state index contributed by atoms with van der Waals surface area (Å²) >= 11 is 9.29. The van der Waals surface area contributed by atoms with Crippen LogP contribution in [0.1, 0.15) is 24.8 Å². The molecule has 1 saturated heterocycles. The highest BCUT2D eigenvalue weighted by Gasteiger charge is 2.36. The van der Waals surface area contributed by atoms with Gasteiger partial charge in [0.05, 0.1) is 0 Å². The number of hydrogen-bond acceptors (Lipinski definition) is 4. The summed E-state index contributed by atoms with van der Waals surface area (Å²) < 4.78 is 28.3. The molecule has 0 aliphatic carbocycles. The average Bonchev–Trinajstić information content (AvgIpc) is 2.70. The van der Waals surface area contributed by atoms with Crippen LogP contribution in [0.4, 0.5) is 5.69 Å². The van der Waals surface area contributed by atoms with Crippen molar-refractivity contribution in [3.05, 3.63) is 45.7 Å². The number of benzene rings is 1. The Kier molecular flexibility index (Phi) is 5.76. The van der Waals surface area contributed by atoms with Gasteiger partial charge in [-0.3, -0.25) is 4.79 Å². The summed E-state index contributed by atoms with van der Waals surface area (Å²) in [5.41, 5.74) is 2.20. The van der Waals surface area contributed by atoms with Crippen molar-refractivity contribution in [1.82, 2.24) is 9.29 Å². The molecular weight excluding hydrogens is 476 g/mol. The fourth-order valence-corrected chi connectivity index (χ4v) is 5.93. The molecule has 1 fully saturated rings. The number of pyridine rings is 1. The summed E-state index contributed by atoms with van der Waals surface area (Å²) in [6, 6.07) is 7.25. The third kappa shape index (κ3) is 3.97. The number of hydrogen-bond donors (Lipinski definition) is 0. The fraction of sp³-hybridized carbons (Fsp3) is 0.368. The molecule has 0 unspecified atom stereocenters. The van der Waals surface area contributed by atoms with Crippen LogP contribution in [-0.4, -0.2) is 50.6 Å². The molecule has 3 heterocycles. The molecule has 2 aliphatic heterocycles. The summed E-state index contributed by atoms with van der Waals surface area (Å²) in [6.45, 7) is 0.649. The van der Waals surface area contributed by atoms with Gasteiger partial charge in [0, 0.05) is 41.9 Å². The number of amides is 1. The van der Waals surface area contributed by atoms with Crippen LogP contribution in [0.25, 0.3) is 0 Å². The maximum atomic E-state index is 12.9. The molecule has 0 N–H and O–H groups in total. The number of halogens is 2. The maximum absolute atomic E-state index is 12.9. The molecule has 2 aliphatic rings. The summed E-state index contributed by atoms with van der Waals surface area (Å²) in [5, 5.41) is 0.0802. The first kappa shape index (κ1) is 20.8. The van der Waals surface area contributed by atoms with E-state index < -0.39 is 10.0 Å². The number of aromatic nitrogens is 1. The van der Waals surface area contributed by atoms with E-state index in [-0.39, 0.29) is 27.5 Å². The Morgan fingerprint density at radius 3 is 2.59 bits per heavy atom. The van der Waals surface area contributed by atoms with Gasteiger partial charge >= 0.3 is 0 Å². The Morgan fingerprint density at radius 2 is 1.90 bits per heavy atom. The van der Waals surface area contributed by atoms with Crippen molar-refractivity contribution >= 4 is 62.5 Å². The standard InChI is InChI=1S/C19H18BBrClN3O3S/c20-16-10-15(11-23-19(16)22)29(27,28)24-7-5-14(6-8-24)25-17-3-2-13(21)9-12(17)1-4-18(25)26/h2-3,9-11,14H,1,4-8H2. The first-order valence-electron chi connectivity index (χ1n) is 9.29. The Bertz CT molecular complexity index is 1070. The van der Waals surface area contributed by atoms with E-state index >= 15 is 0 Å². The quantitative estimate of drug-likeness (QED) is 0.486. The number of sulfonamides is 1. The van der Waals surface area contributed by atoms with Crippen molar-refractivity contribution in [1.29, 1.82) is 0 Å². The van der Waals surface area contributed by atoms with Crippen LogP contribution in [0.2, 0.25) is 5.15 Å². The number of piperidine rings is 1. The molecular formula is C19H18BBrClN3O3S. The lowest BCUT2D eigenvalue weighted by atomic mass is 9.96. The van der Waals surface area contributed by atoms with E-state index in [0.29, 0.717) is 32.4 Å². The average molecular weight is 495 g/mol. The van der Waals surface area contributed by atoms with Crippen LogP contribution < -0.4 is 10.4 Å². The lowest BCUT2D eigenvalue weighted by Crippen LogP contribution is -2.50. The van der Waals surface area contributed by atoms with Crippen LogP contribution in [0, 0.1) is 0 Å². The van der Waals surface area contributed by atoms with Crippen molar-refractivity contribution in [3.8, 4) is 0 Å². The zero-order chi connectivity index (χ0) is 20.8. The highest BCUT2D eigenvalue weighted by Crippen LogP contribution is 2.34. The van der Waals surface area contributed by atoms with Gasteiger partial charge in [0.1, 0.15) is 17.9 Å². The normalized spacial score (nSPS) is 18.7. The van der Waals surface area contributed by atoms with E-state index in [4.69, 9.17) is 19.4 Å². The van der Waals surface area contributed by atoms with Gasteiger partial charge in [0.25, 0.3) is 0 Å². The number of carbonyl (C=O) groups excluding carboxylic acids is 1. The zero-order valence-corrected chi connectivity index (χ0v) is 18.7. The van der Waals surface area contributed by atoms with E-state index in [0.717, 1.165) is 22.1 Å². The van der Waals surface area contributed by atoms with Gasteiger partial charge in [-0.15, -0.1) is 0 Å². The highest BCUT2D eigenvalue weighted by molar-refractivity contribution is 9.10. The van der Waals surface area contributed by atoms with Crippen molar-refractivity contribution in [2.75, 3.05) is 18.0 Å². The largest absolute Gasteiger partial charge is 0.309 e. The smallest absolute Gasteiger partial charge is 0.244 e. The molecule has 1 aromatic carbocycles. The molecule has 0 spiro atoms. The van der Waals surface area contributed by atoms with Gasteiger partial charge < -0.3 is 4.90 Å². The van der Waals surface area contributed by atoms with Crippen LogP contribution in [0.3, 0.4) is 0 Å². The van der Waals surface area contributed by atoms with Crippen molar-refractivity contribution in [2.45, 2.75) is 36.6 Å². The second-order valence-corrected chi connectivity index (χ2v) is 10.4. The minimum atomic E-state index is -3.71. The molecule has 6 nitrogen and oxygen atoms in total. The summed E-state index contributed by atoms with van der Waals surface area (Å²) in [6.07, 6.45) is 3.55. The molecule has 10 heteroatoms. The van der Waals surface area contributed by atoms with Gasteiger partial charge in [-0.2, -0.15) is 4.31 Å². The summed E-state index contributed by atoms with van der Waals surface area (Å²) in [7, 11) is 2.00. The molecule has 150 valence electrons. The van der Waals surface area contributed by atoms with Gasteiger partial charge in [0.2, 0.25) is 15.9 Å². The second kappa shape index (κ2) is 8.02.